The number of benzene rings is 1. The lowest BCUT2D eigenvalue weighted by atomic mass is 9.99. The van der Waals surface area contributed by atoms with Crippen molar-refractivity contribution in [3.63, 3.8) is 0 Å². The van der Waals surface area contributed by atoms with Crippen LogP contribution in [0.15, 0.2) is 24.3 Å². The fourth-order valence-corrected chi connectivity index (χ4v) is 1.67. The van der Waals surface area contributed by atoms with Crippen LogP contribution < -0.4 is 15.4 Å². The Morgan fingerprint density at radius 1 is 1.30 bits per heavy atom. The number of carbonyl (C=O) groups is 2. The highest BCUT2D eigenvalue weighted by Gasteiger charge is 2.25. The minimum atomic E-state index is -1.04. The van der Waals surface area contributed by atoms with Gasteiger partial charge in [-0.05, 0) is 30.2 Å². The van der Waals surface area contributed by atoms with Crippen LogP contribution >= 0.6 is 0 Å². The van der Waals surface area contributed by atoms with E-state index in [9.17, 15) is 9.59 Å². The van der Waals surface area contributed by atoms with E-state index in [-0.39, 0.29) is 5.92 Å². The Morgan fingerprint density at radius 2 is 1.90 bits per heavy atom. The number of nitrogens with one attached hydrogen (secondary N) is 2. The van der Waals surface area contributed by atoms with E-state index in [0.29, 0.717) is 17.9 Å². The number of anilines is 1. The second-order valence-electron chi connectivity index (χ2n) is 4.53. The number of ether oxygens (including phenoxy) is 1. The first-order valence-corrected chi connectivity index (χ1v) is 6.42. The van der Waals surface area contributed by atoms with Crippen molar-refractivity contribution >= 4 is 17.7 Å². The van der Waals surface area contributed by atoms with Crippen molar-refractivity contribution < 1.29 is 19.4 Å². The van der Waals surface area contributed by atoms with Gasteiger partial charge in [-0.25, -0.2) is 9.59 Å². The van der Waals surface area contributed by atoms with Gasteiger partial charge in [0.15, 0.2) is 0 Å². The minimum absolute atomic E-state index is 0.144. The van der Waals surface area contributed by atoms with Gasteiger partial charge in [0.1, 0.15) is 11.8 Å². The SMILES string of the molecule is CCC(C)[C@H](NC(=O)Nc1ccc(OC)cc1)C(=O)O. The van der Waals surface area contributed by atoms with E-state index in [1.807, 2.05) is 6.92 Å². The third-order valence-electron chi connectivity index (χ3n) is 3.11. The Bertz CT molecular complexity index is 459. The van der Waals surface area contributed by atoms with E-state index in [2.05, 4.69) is 10.6 Å². The Morgan fingerprint density at radius 3 is 2.35 bits per heavy atom. The average molecular weight is 280 g/mol. The Kier molecular flexibility index (Phi) is 5.83. The van der Waals surface area contributed by atoms with Gasteiger partial charge >= 0.3 is 12.0 Å². The molecule has 110 valence electrons. The number of hydrogen-bond donors (Lipinski definition) is 3. The topological polar surface area (TPSA) is 87.7 Å². The molecule has 1 aromatic rings. The molecule has 0 saturated heterocycles. The fourth-order valence-electron chi connectivity index (χ4n) is 1.67. The summed E-state index contributed by atoms with van der Waals surface area (Å²) >= 11 is 0. The van der Waals surface area contributed by atoms with Crippen LogP contribution in [0.25, 0.3) is 0 Å². The maximum absolute atomic E-state index is 11.8. The van der Waals surface area contributed by atoms with E-state index in [1.165, 1.54) is 0 Å². The maximum Gasteiger partial charge on any atom is 0.326 e. The molecule has 6 heteroatoms. The van der Waals surface area contributed by atoms with Gasteiger partial charge in [0.25, 0.3) is 0 Å². The normalized spacial score (nSPS) is 13.2. The second kappa shape index (κ2) is 7.37. The largest absolute Gasteiger partial charge is 0.497 e. The zero-order chi connectivity index (χ0) is 15.1. The summed E-state index contributed by atoms with van der Waals surface area (Å²) in [5.74, 6) is -0.502. The highest BCUT2D eigenvalue weighted by atomic mass is 16.5. The molecule has 0 aliphatic rings. The van der Waals surface area contributed by atoms with Crippen LogP contribution in [0, 0.1) is 5.92 Å². The lowest BCUT2D eigenvalue weighted by Gasteiger charge is -2.20. The number of rotatable bonds is 6. The van der Waals surface area contributed by atoms with Crippen LogP contribution in [0.3, 0.4) is 0 Å². The first-order chi connectivity index (χ1) is 9.47. The molecule has 0 aliphatic heterocycles. The van der Waals surface area contributed by atoms with Crippen LogP contribution in [0.1, 0.15) is 20.3 Å². The lowest BCUT2D eigenvalue weighted by molar-refractivity contribution is -0.140. The van der Waals surface area contributed by atoms with Crippen molar-refractivity contribution in [2.75, 3.05) is 12.4 Å². The molecule has 0 radical (unpaired) electrons. The van der Waals surface area contributed by atoms with Crippen LogP contribution in [0.5, 0.6) is 5.75 Å². The molecule has 0 bridgehead atoms. The summed E-state index contributed by atoms with van der Waals surface area (Å²) in [4.78, 5) is 22.9. The first-order valence-electron chi connectivity index (χ1n) is 6.42. The third kappa shape index (κ3) is 4.46. The number of carboxylic acids is 1. The summed E-state index contributed by atoms with van der Waals surface area (Å²) in [6.45, 7) is 3.66. The molecule has 0 heterocycles. The monoisotopic (exact) mass is 280 g/mol. The van der Waals surface area contributed by atoms with Crippen LogP contribution in [0.2, 0.25) is 0 Å². The summed E-state index contributed by atoms with van der Waals surface area (Å²) < 4.78 is 5.01. The number of urea groups is 1. The van der Waals surface area contributed by atoms with Crippen LogP contribution in [-0.2, 0) is 4.79 Å². The van der Waals surface area contributed by atoms with Gasteiger partial charge in [-0.3, -0.25) is 0 Å². The Labute approximate surface area is 118 Å². The molecule has 3 N–H and O–H groups in total. The number of amides is 2. The van der Waals surface area contributed by atoms with Crippen LogP contribution in [0.4, 0.5) is 10.5 Å². The van der Waals surface area contributed by atoms with Gasteiger partial charge in [-0.2, -0.15) is 0 Å². The molecule has 0 fully saturated rings. The standard InChI is InChI=1S/C14H20N2O4/c1-4-9(2)12(13(17)18)16-14(19)15-10-5-7-11(20-3)8-6-10/h5-9,12H,4H2,1-3H3,(H,17,18)(H2,15,16,19)/t9?,12-/m0/s1. The molecule has 2 amide bonds. The molecule has 20 heavy (non-hydrogen) atoms. The Hall–Kier alpha value is -2.24. The van der Waals surface area contributed by atoms with Crippen molar-refractivity contribution in [2.45, 2.75) is 26.3 Å². The fraction of sp³-hybridized carbons (Fsp3) is 0.429. The number of aliphatic carboxylic acids is 1. The highest BCUT2D eigenvalue weighted by molar-refractivity contribution is 5.92. The molecule has 2 atom stereocenters. The molecule has 6 nitrogen and oxygen atoms in total. The smallest absolute Gasteiger partial charge is 0.326 e. The van der Waals surface area contributed by atoms with Gasteiger partial charge in [-0.15, -0.1) is 0 Å². The molecular formula is C14H20N2O4. The van der Waals surface area contributed by atoms with E-state index < -0.39 is 18.0 Å². The van der Waals surface area contributed by atoms with Crippen molar-refractivity contribution in [1.29, 1.82) is 0 Å². The van der Waals surface area contributed by atoms with E-state index >= 15 is 0 Å². The van der Waals surface area contributed by atoms with Gasteiger partial charge in [0, 0.05) is 5.69 Å². The lowest BCUT2D eigenvalue weighted by Crippen LogP contribution is -2.46. The minimum Gasteiger partial charge on any atom is -0.497 e. The van der Waals surface area contributed by atoms with Crippen LogP contribution in [-0.4, -0.2) is 30.3 Å². The molecule has 0 spiro atoms. The van der Waals surface area contributed by atoms with Gasteiger partial charge < -0.3 is 20.5 Å². The number of hydrogen-bond acceptors (Lipinski definition) is 3. The highest BCUT2D eigenvalue weighted by Crippen LogP contribution is 2.15. The predicted octanol–water partition coefficient (Wildman–Crippen LogP) is 2.32. The van der Waals surface area contributed by atoms with Gasteiger partial charge in [0.05, 0.1) is 7.11 Å². The zero-order valence-corrected chi connectivity index (χ0v) is 11.8. The van der Waals surface area contributed by atoms with E-state index in [4.69, 9.17) is 9.84 Å². The quantitative estimate of drug-likeness (QED) is 0.746. The summed E-state index contributed by atoms with van der Waals surface area (Å²) in [5, 5.41) is 14.2. The molecule has 1 rings (SSSR count). The second-order valence-corrected chi connectivity index (χ2v) is 4.53. The molecular weight excluding hydrogens is 260 g/mol. The number of carbonyl (C=O) groups excluding carboxylic acids is 1. The first kappa shape index (κ1) is 15.8. The summed E-state index contributed by atoms with van der Waals surface area (Å²) in [6.07, 6.45) is 0.666. The molecule has 0 aromatic heterocycles. The average Bonchev–Trinajstić information content (AvgIpc) is 2.44. The van der Waals surface area contributed by atoms with Gasteiger partial charge in [0.2, 0.25) is 0 Å². The van der Waals surface area contributed by atoms with Crippen molar-refractivity contribution in [3.05, 3.63) is 24.3 Å². The number of carboxylic acid groups (broad SMARTS) is 1. The van der Waals surface area contributed by atoms with Gasteiger partial charge in [-0.1, -0.05) is 20.3 Å². The predicted molar refractivity (Wildman–Crippen MR) is 76.0 cm³/mol. The van der Waals surface area contributed by atoms with Crippen molar-refractivity contribution in [3.8, 4) is 5.75 Å². The van der Waals surface area contributed by atoms with E-state index in [1.54, 1.807) is 38.3 Å². The molecule has 0 saturated carbocycles. The molecule has 1 aromatic carbocycles. The zero-order valence-electron chi connectivity index (χ0n) is 11.8. The molecule has 0 aliphatic carbocycles. The van der Waals surface area contributed by atoms with Crippen molar-refractivity contribution in [1.82, 2.24) is 5.32 Å². The third-order valence-corrected chi connectivity index (χ3v) is 3.11. The maximum atomic E-state index is 11.8. The van der Waals surface area contributed by atoms with Crippen molar-refractivity contribution in [2.24, 2.45) is 5.92 Å². The summed E-state index contributed by atoms with van der Waals surface area (Å²) in [5.41, 5.74) is 0.566. The summed E-state index contributed by atoms with van der Waals surface area (Å²) in [7, 11) is 1.55. The molecule has 1 unspecified atom stereocenters. The Balaban J connectivity index is 2.63. The summed E-state index contributed by atoms with van der Waals surface area (Å²) in [6, 6.07) is 5.33. The number of methoxy groups -OCH3 is 1. The van der Waals surface area contributed by atoms with E-state index in [0.717, 1.165) is 0 Å².